The van der Waals surface area contributed by atoms with E-state index in [1.807, 2.05) is 0 Å². The van der Waals surface area contributed by atoms with E-state index in [4.69, 9.17) is 4.74 Å². The van der Waals surface area contributed by atoms with Gasteiger partial charge in [-0.25, -0.2) is 0 Å². The maximum Gasteiger partial charge on any atom is 0.390 e. The summed E-state index contributed by atoms with van der Waals surface area (Å²) in [5.41, 5.74) is 0.245. The molecule has 2 heterocycles. The monoisotopic (exact) mass is 388 g/mol. The van der Waals surface area contributed by atoms with Gasteiger partial charge in [0.1, 0.15) is 0 Å². The van der Waals surface area contributed by atoms with Gasteiger partial charge in [-0.05, 0) is 12.8 Å². The van der Waals surface area contributed by atoms with Gasteiger partial charge in [0, 0.05) is 37.9 Å². The molecule has 6 nitrogen and oxygen atoms in total. The van der Waals surface area contributed by atoms with E-state index < -0.39 is 12.6 Å². The predicted octanol–water partition coefficient (Wildman–Crippen LogP) is 2.60. The van der Waals surface area contributed by atoms with Crippen molar-refractivity contribution < 1.29 is 22.7 Å². The first-order valence-electron chi connectivity index (χ1n) is 9.58. The number of amides is 1. The summed E-state index contributed by atoms with van der Waals surface area (Å²) in [7, 11) is 0. The first kappa shape index (κ1) is 20.1. The molecule has 27 heavy (non-hydrogen) atoms. The van der Waals surface area contributed by atoms with Crippen LogP contribution in [-0.2, 0) is 11.3 Å². The Bertz CT molecular complexity index is 620. The first-order valence-corrected chi connectivity index (χ1v) is 9.58. The van der Waals surface area contributed by atoms with E-state index in [0.29, 0.717) is 25.3 Å². The van der Waals surface area contributed by atoms with Gasteiger partial charge in [0.15, 0.2) is 0 Å². The van der Waals surface area contributed by atoms with Crippen molar-refractivity contribution in [3.8, 4) is 0 Å². The number of hydrogen-bond donors (Lipinski definition) is 1. The Morgan fingerprint density at radius 3 is 2.59 bits per heavy atom. The third kappa shape index (κ3) is 5.44. The standard InChI is InChI=1S/C18H27F3N4O2/c19-18(20,21)6-7-25-13-15(12-23-25)16(26)22-14-17(4-2-1-3-5-17)24-8-10-27-11-9-24/h12-13H,1-11,14H2,(H,22,26). The number of aromatic nitrogens is 2. The normalized spacial score (nSPS) is 21.1. The Labute approximate surface area is 157 Å². The minimum atomic E-state index is -4.24. The first-order chi connectivity index (χ1) is 12.9. The molecule has 1 saturated carbocycles. The van der Waals surface area contributed by atoms with Crippen molar-refractivity contribution in [1.29, 1.82) is 0 Å². The molecule has 1 aromatic rings. The Morgan fingerprint density at radius 1 is 1.22 bits per heavy atom. The Hall–Kier alpha value is -1.61. The summed E-state index contributed by atoms with van der Waals surface area (Å²) < 4.78 is 43.6. The molecule has 0 radical (unpaired) electrons. The van der Waals surface area contributed by atoms with Gasteiger partial charge in [0.25, 0.3) is 5.91 Å². The zero-order chi connectivity index (χ0) is 19.3. The van der Waals surface area contributed by atoms with Crippen molar-refractivity contribution in [3.05, 3.63) is 18.0 Å². The van der Waals surface area contributed by atoms with Crippen LogP contribution in [0.3, 0.4) is 0 Å². The van der Waals surface area contributed by atoms with Gasteiger partial charge >= 0.3 is 6.18 Å². The minimum Gasteiger partial charge on any atom is -0.379 e. The molecular formula is C18H27F3N4O2. The fourth-order valence-corrected chi connectivity index (χ4v) is 4.04. The quantitative estimate of drug-likeness (QED) is 0.814. The summed E-state index contributed by atoms with van der Waals surface area (Å²) in [5.74, 6) is -0.286. The lowest BCUT2D eigenvalue weighted by atomic mass is 9.79. The van der Waals surface area contributed by atoms with E-state index >= 15 is 0 Å². The number of carbonyl (C=O) groups excluding carboxylic acids is 1. The Kier molecular flexibility index (Phi) is 6.41. The maximum atomic E-state index is 12.5. The van der Waals surface area contributed by atoms with Crippen LogP contribution in [0.1, 0.15) is 48.9 Å². The molecule has 3 rings (SSSR count). The fraction of sp³-hybridized carbons (Fsp3) is 0.778. The summed E-state index contributed by atoms with van der Waals surface area (Å²) in [4.78, 5) is 14.9. The Balaban J connectivity index is 1.58. The SMILES string of the molecule is O=C(NCC1(N2CCOCC2)CCCCC1)c1cnn(CCC(F)(F)F)c1. The number of rotatable bonds is 6. The smallest absolute Gasteiger partial charge is 0.379 e. The molecule has 1 saturated heterocycles. The van der Waals surface area contributed by atoms with E-state index in [9.17, 15) is 18.0 Å². The lowest BCUT2D eigenvalue weighted by molar-refractivity contribution is -0.137. The van der Waals surface area contributed by atoms with Crippen LogP contribution in [0.5, 0.6) is 0 Å². The fourth-order valence-electron chi connectivity index (χ4n) is 4.04. The van der Waals surface area contributed by atoms with E-state index in [0.717, 1.165) is 38.8 Å². The van der Waals surface area contributed by atoms with Crippen molar-refractivity contribution in [2.75, 3.05) is 32.8 Å². The maximum absolute atomic E-state index is 12.5. The molecule has 152 valence electrons. The summed E-state index contributed by atoms with van der Waals surface area (Å²) >= 11 is 0. The molecule has 0 unspecified atom stereocenters. The van der Waals surface area contributed by atoms with Crippen molar-refractivity contribution in [3.63, 3.8) is 0 Å². The number of aryl methyl sites for hydroxylation is 1. The third-order valence-electron chi connectivity index (χ3n) is 5.56. The predicted molar refractivity (Wildman–Crippen MR) is 93.4 cm³/mol. The highest BCUT2D eigenvalue weighted by Crippen LogP contribution is 2.34. The van der Waals surface area contributed by atoms with Crippen LogP contribution >= 0.6 is 0 Å². The number of nitrogens with zero attached hydrogens (tertiary/aromatic N) is 3. The van der Waals surface area contributed by atoms with Crippen LogP contribution in [0, 0.1) is 0 Å². The molecule has 2 aliphatic rings. The van der Waals surface area contributed by atoms with Crippen molar-refractivity contribution >= 4 is 5.91 Å². The van der Waals surface area contributed by atoms with Gasteiger partial charge in [-0.15, -0.1) is 0 Å². The topological polar surface area (TPSA) is 59.4 Å². The lowest BCUT2D eigenvalue weighted by Gasteiger charge is -2.48. The molecule has 1 N–H and O–H groups in total. The number of halogens is 3. The van der Waals surface area contributed by atoms with Crippen LogP contribution in [0.2, 0.25) is 0 Å². The second kappa shape index (κ2) is 8.60. The zero-order valence-corrected chi connectivity index (χ0v) is 15.4. The second-order valence-corrected chi connectivity index (χ2v) is 7.42. The number of carbonyl (C=O) groups is 1. The highest BCUT2D eigenvalue weighted by atomic mass is 19.4. The largest absolute Gasteiger partial charge is 0.390 e. The summed E-state index contributed by atoms with van der Waals surface area (Å²) in [6.45, 7) is 3.41. The number of alkyl halides is 3. The molecule has 1 aliphatic heterocycles. The van der Waals surface area contributed by atoms with Gasteiger partial charge in [-0.2, -0.15) is 18.3 Å². The lowest BCUT2D eigenvalue weighted by Crippen LogP contribution is -2.59. The number of hydrogen-bond acceptors (Lipinski definition) is 4. The van der Waals surface area contributed by atoms with Crippen LogP contribution in [0.4, 0.5) is 13.2 Å². The number of ether oxygens (including phenoxy) is 1. The van der Waals surface area contributed by atoms with Crippen molar-refractivity contribution in [2.45, 2.75) is 56.8 Å². The van der Waals surface area contributed by atoms with Gasteiger partial charge in [-0.1, -0.05) is 19.3 Å². The van der Waals surface area contributed by atoms with Gasteiger partial charge < -0.3 is 10.1 Å². The van der Waals surface area contributed by atoms with Crippen LogP contribution in [-0.4, -0.2) is 65.2 Å². The van der Waals surface area contributed by atoms with E-state index in [2.05, 4.69) is 15.3 Å². The average molecular weight is 388 g/mol. The minimum absolute atomic E-state index is 0.0516. The zero-order valence-electron chi connectivity index (χ0n) is 15.4. The average Bonchev–Trinajstić information content (AvgIpc) is 3.15. The summed E-state index contributed by atoms with van der Waals surface area (Å²) in [5, 5.41) is 6.87. The molecule has 0 spiro atoms. The van der Waals surface area contributed by atoms with Crippen LogP contribution < -0.4 is 5.32 Å². The molecule has 1 aromatic heterocycles. The number of nitrogens with one attached hydrogen (secondary N) is 1. The van der Waals surface area contributed by atoms with Crippen LogP contribution in [0.15, 0.2) is 12.4 Å². The highest BCUT2D eigenvalue weighted by molar-refractivity contribution is 5.93. The summed E-state index contributed by atoms with van der Waals surface area (Å²) in [6.07, 6.45) is 3.08. The van der Waals surface area contributed by atoms with Gasteiger partial charge in [-0.3, -0.25) is 14.4 Å². The molecule has 0 aromatic carbocycles. The second-order valence-electron chi connectivity index (χ2n) is 7.42. The molecule has 0 atom stereocenters. The van der Waals surface area contributed by atoms with Gasteiger partial charge in [0.2, 0.25) is 0 Å². The number of morpholine rings is 1. The molecular weight excluding hydrogens is 361 g/mol. The van der Waals surface area contributed by atoms with E-state index in [-0.39, 0.29) is 18.0 Å². The van der Waals surface area contributed by atoms with Crippen molar-refractivity contribution in [2.24, 2.45) is 0 Å². The molecule has 9 heteroatoms. The third-order valence-corrected chi connectivity index (χ3v) is 5.56. The van der Waals surface area contributed by atoms with E-state index in [1.165, 1.54) is 23.5 Å². The molecule has 2 fully saturated rings. The van der Waals surface area contributed by atoms with Crippen LogP contribution in [0.25, 0.3) is 0 Å². The van der Waals surface area contributed by atoms with Gasteiger partial charge in [0.05, 0.1) is 31.4 Å². The van der Waals surface area contributed by atoms with E-state index in [1.54, 1.807) is 0 Å². The van der Waals surface area contributed by atoms with Crippen molar-refractivity contribution in [1.82, 2.24) is 20.0 Å². The Morgan fingerprint density at radius 2 is 1.93 bits per heavy atom. The molecule has 1 aliphatic carbocycles. The molecule has 0 bridgehead atoms. The summed E-state index contributed by atoms with van der Waals surface area (Å²) in [6, 6.07) is 0. The highest BCUT2D eigenvalue weighted by Gasteiger charge is 2.39. The molecule has 1 amide bonds.